The SMILES string of the molecule is COCC(O)CNC(C)c1ccc(C#N)c(F)c1. The van der Waals surface area contributed by atoms with E-state index in [4.69, 9.17) is 10.00 Å². The van der Waals surface area contributed by atoms with Gasteiger partial charge >= 0.3 is 0 Å². The minimum Gasteiger partial charge on any atom is -0.389 e. The minimum absolute atomic E-state index is 0.0327. The molecule has 0 radical (unpaired) electrons. The maximum absolute atomic E-state index is 13.4. The highest BCUT2D eigenvalue weighted by molar-refractivity contribution is 5.34. The molecule has 0 aromatic heterocycles. The van der Waals surface area contributed by atoms with E-state index in [0.717, 1.165) is 5.56 Å². The van der Waals surface area contributed by atoms with Gasteiger partial charge in [0.1, 0.15) is 11.9 Å². The second-order valence-electron chi connectivity index (χ2n) is 4.09. The second-order valence-corrected chi connectivity index (χ2v) is 4.09. The molecule has 2 unspecified atom stereocenters. The molecule has 0 fully saturated rings. The summed E-state index contributed by atoms with van der Waals surface area (Å²) in [5, 5.41) is 21.2. The number of aliphatic hydroxyl groups excluding tert-OH is 1. The van der Waals surface area contributed by atoms with Crippen LogP contribution in [0.1, 0.15) is 24.1 Å². The van der Waals surface area contributed by atoms with Crippen molar-refractivity contribution in [2.45, 2.75) is 19.1 Å². The summed E-state index contributed by atoms with van der Waals surface area (Å²) >= 11 is 0. The van der Waals surface area contributed by atoms with Crippen LogP contribution >= 0.6 is 0 Å². The summed E-state index contributed by atoms with van der Waals surface area (Å²) in [5.41, 5.74) is 0.765. The zero-order valence-electron chi connectivity index (χ0n) is 10.5. The van der Waals surface area contributed by atoms with E-state index in [1.165, 1.54) is 19.2 Å². The molecule has 0 heterocycles. The number of aliphatic hydroxyl groups is 1. The fourth-order valence-electron chi connectivity index (χ4n) is 1.57. The summed E-state index contributed by atoms with van der Waals surface area (Å²) in [6.07, 6.45) is -0.597. The third-order valence-electron chi connectivity index (χ3n) is 2.63. The molecule has 5 heteroatoms. The number of nitrogens with one attached hydrogen (secondary N) is 1. The van der Waals surface area contributed by atoms with Crippen LogP contribution in [0.25, 0.3) is 0 Å². The van der Waals surface area contributed by atoms with E-state index in [2.05, 4.69) is 5.32 Å². The zero-order valence-corrected chi connectivity index (χ0v) is 10.5. The highest BCUT2D eigenvalue weighted by Crippen LogP contribution is 2.16. The molecule has 1 rings (SSSR count). The van der Waals surface area contributed by atoms with Crippen LogP contribution in [-0.4, -0.2) is 31.5 Å². The van der Waals surface area contributed by atoms with Gasteiger partial charge in [0, 0.05) is 19.7 Å². The number of hydrogen-bond donors (Lipinski definition) is 2. The Hall–Kier alpha value is -1.48. The average molecular weight is 252 g/mol. The average Bonchev–Trinajstić information content (AvgIpc) is 2.36. The Kier molecular flexibility index (Phi) is 5.72. The van der Waals surface area contributed by atoms with E-state index in [1.54, 1.807) is 12.1 Å². The molecule has 0 bridgehead atoms. The van der Waals surface area contributed by atoms with Crippen molar-refractivity contribution in [1.29, 1.82) is 5.26 Å². The number of ether oxygens (including phenoxy) is 1. The third-order valence-corrected chi connectivity index (χ3v) is 2.63. The maximum atomic E-state index is 13.4. The van der Waals surface area contributed by atoms with Gasteiger partial charge in [-0.25, -0.2) is 4.39 Å². The van der Waals surface area contributed by atoms with Gasteiger partial charge in [0.15, 0.2) is 0 Å². The molecular formula is C13H17FN2O2. The van der Waals surface area contributed by atoms with Crippen LogP contribution in [0.4, 0.5) is 4.39 Å². The van der Waals surface area contributed by atoms with Crippen molar-refractivity contribution < 1.29 is 14.2 Å². The Morgan fingerprint density at radius 1 is 1.56 bits per heavy atom. The quantitative estimate of drug-likeness (QED) is 0.802. The summed E-state index contributed by atoms with van der Waals surface area (Å²) < 4.78 is 18.2. The lowest BCUT2D eigenvalue weighted by Gasteiger charge is -2.17. The first kappa shape index (κ1) is 14.6. The Labute approximate surface area is 106 Å². The third kappa shape index (κ3) is 4.08. The van der Waals surface area contributed by atoms with Gasteiger partial charge in [0.25, 0.3) is 0 Å². The van der Waals surface area contributed by atoms with E-state index in [0.29, 0.717) is 6.54 Å². The summed E-state index contributed by atoms with van der Waals surface area (Å²) in [5.74, 6) is -0.527. The fourth-order valence-corrected chi connectivity index (χ4v) is 1.57. The molecule has 0 aliphatic carbocycles. The normalized spacial score (nSPS) is 13.9. The first-order valence-electron chi connectivity index (χ1n) is 5.68. The van der Waals surface area contributed by atoms with Crippen LogP contribution in [0, 0.1) is 17.1 Å². The minimum atomic E-state index is -0.597. The molecular weight excluding hydrogens is 235 g/mol. The first-order valence-corrected chi connectivity index (χ1v) is 5.68. The van der Waals surface area contributed by atoms with E-state index in [1.807, 2.05) is 6.92 Å². The first-order chi connectivity index (χ1) is 8.58. The molecule has 2 atom stereocenters. The predicted molar refractivity (Wildman–Crippen MR) is 65.4 cm³/mol. The van der Waals surface area contributed by atoms with Crippen molar-refractivity contribution >= 4 is 0 Å². The monoisotopic (exact) mass is 252 g/mol. The van der Waals surface area contributed by atoms with Crippen LogP contribution in [-0.2, 0) is 4.74 Å². The van der Waals surface area contributed by atoms with Gasteiger partial charge in [-0.1, -0.05) is 6.07 Å². The highest BCUT2D eigenvalue weighted by Gasteiger charge is 2.10. The Bertz CT molecular complexity index is 431. The summed E-state index contributed by atoms with van der Waals surface area (Å²) in [7, 11) is 1.52. The molecule has 18 heavy (non-hydrogen) atoms. The van der Waals surface area contributed by atoms with Crippen molar-refractivity contribution in [3.05, 3.63) is 35.1 Å². The van der Waals surface area contributed by atoms with E-state index in [-0.39, 0.29) is 18.2 Å². The topological polar surface area (TPSA) is 65.3 Å². The predicted octanol–water partition coefficient (Wildman–Crippen LogP) is 1.36. The van der Waals surface area contributed by atoms with Gasteiger partial charge in [-0.05, 0) is 24.6 Å². The van der Waals surface area contributed by atoms with Crippen molar-refractivity contribution in [2.24, 2.45) is 0 Å². The number of rotatable bonds is 6. The largest absolute Gasteiger partial charge is 0.389 e. The lowest BCUT2D eigenvalue weighted by atomic mass is 10.1. The smallest absolute Gasteiger partial charge is 0.141 e. The fraction of sp³-hybridized carbons (Fsp3) is 0.462. The van der Waals surface area contributed by atoms with Crippen molar-refractivity contribution in [2.75, 3.05) is 20.3 Å². The van der Waals surface area contributed by atoms with Crippen molar-refractivity contribution in [1.82, 2.24) is 5.32 Å². The molecule has 0 saturated heterocycles. The Morgan fingerprint density at radius 2 is 2.28 bits per heavy atom. The Balaban J connectivity index is 2.59. The molecule has 0 saturated carbocycles. The van der Waals surface area contributed by atoms with Gasteiger partial charge in [0.05, 0.1) is 18.3 Å². The summed E-state index contributed by atoms with van der Waals surface area (Å²) in [4.78, 5) is 0. The summed E-state index contributed by atoms with van der Waals surface area (Å²) in [6, 6.07) is 6.15. The van der Waals surface area contributed by atoms with Crippen LogP contribution in [0.15, 0.2) is 18.2 Å². The number of halogens is 1. The van der Waals surface area contributed by atoms with Gasteiger partial charge in [-0.3, -0.25) is 0 Å². The standard InChI is InChI=1S/C13H17FN2O2/c1-9(16-7-12(17)8-18-2)10-3-4-11(6-15)13(14)5-10/h3-5,9,12,16-17H,7-8H2,1-2H3. The van der Waals surface area contributed by atoms with Crippen LogP contribution in [0.5, 0.6) is 0 Å². The molecule has 0 spiro atoms. The van der Waals surface area contributed by atoms with Crippen molar-refractivity contribution in [3.8, 4) is 6.07 Å². The molecule has 1 aromatic carbocycles. The van der Waals surface area contributed by atoms with Gasteiger partial charge < -0.3 is 15.2 Å². The van der Waals surface area contributed by atoms with Crippen LogP contribution < -0.4 is 5.32 Å². The zero-order chi connectivity index (χ0) is 13.5. The molecule has 0 amide bonds. The molecule has 4 nitrogen and oxygen atoms in total. The number of hydrogen-bond acceptors (Lipinski definition) is 4. The number of nitrogens with zero attached hydrogens (tertiary/aromatic N) is 1. The second kappa shape index (κ2) is 7.07. The summed E-state index contributed by atoms with van der Waals surface area (Å²) in [6.45, 7) is 2.47. The number of nitriles is 1. The number of methoxy groups -OCH3 is 1. The molecule has 98 valence electrons. The van der Waals surface area contributed by atoms with Gasteiger partial charge in [-0.2, -0.15) is 5.26 Å². The maximum Gasteiger partial charge on any atom is 0.141 e. The van der Waals surface area contributed by atoms with E-state index >= 15 is 0 Å². The molecule has 0 aliphatic heterocycles. The van der Waals surface area contributed by atoms with Crippen molar-refractivity contribution in [3.63, 3.8) is 0 Å². The van der Waals surface area contributed by atoms with Crippen LogP contribution in [0.2, 0.25) is 0 Å². The van der Waals surface area contributed by atoms with Crippen LogP contribution in [0.3, 0.4) is 0 Å². The molecule has 2 N–H and O–H groups in total. The highest BCUT2D eigenvalue weighted by atomic mass is 19.1. The lowest BCUT2D eigenvalue weighted by Crippen LogP contribution is -2.31. The van der Waals surface area contributed by atoms with E-state index in [9.17, 15) is 9.50 Å². The van der Waals surface area contributed by atoms with Gasteiger partial charge in [0.2, 0.25) is 0 Å². The molecule has 1 aromatic rings. The van der Waals surface area contributed by atoms with E-state index < -0.39 is 11.9 Å². The number of benzene rings is 1. The Morgan fingerprint density at radius 3 is 2.83 bits per heavy atom. The lowest BCUT2D eigenvalue weighted by molar-refractivity contribution is 0.0630. The van der Waals surface area contributed by atoms with Gasteiger partial charge in [-0.15, -0.1) is 0 Å². The molecule has 0 aliphatic rings.